The van der Waals surface area contributed by atoms with Gasteiger partial charge < -0.3 is 28.6 Å². The molecule has 0 aromatic carbocycles. The number of ether oxygens (including phenoxy) is 3. The Labute approximate surface area is 312 Å². The van der Waals surface area contributed by atoms with Crippen molar-refractivity contribution in [3.8, 4) is 0 Å². The number of likely N-dealkylation sites (N-methyl/N-ethyl adjacent to an activating group) is 1. The molecule has 2 unspecified atom stereocenters. The molecule has 0 aliphatic carbocycles. The second-order valence-corrected chi connectivity index (χ2v) is 14.5. The molecule has 0 heterocycles. The number of carbonyl (C=O) groups is 3. The summed E-state index contributed by atoms with van der Waals surface area (Å²) in [5.74, 6) is -1.77. The first-order valence-electron chi connectivity index (χ1n) is 20.2. The quantitative estimate of drug-likeness (QED) is 0.0279. The van der Waals surface area contributed by atoms with Gasteiger partial charge in [-0.05, 0) is 51.4 Å². The highest BCUT2D eigenvalue weighted by molar-refractivity contribution is 5.70. The Hall–Kier alpha value is -2.71. The zero-order chi connectivity index (χ0) is 37.8. The van der Waals surface area contributed by atoms with Gasteiger partial charge >= 0.3 is 11.9 Å². The molecule has 0 radical (unpaired) electrons. The molecular formula is C43H75NO7. The Morgan fingerprint density at radius 3 is 1.63 bits per heavy atom. The summed E-state index contributed by atoms with van der Waals surface area (Å²) in [6.45, 7) is 4.41. The molecule has 0 fully saturated rings. The van der Waals surface area contributed by atoms with E-state index < -0.39 is 18.1 Å². The Kier molecular flexibility index (Phi) is 32.6. The lowest BCUT2D eigenvalue weighted by atomic mass is 10.0. The van der Waals surface area contributed by atoms with E-state index in [4.69, 9.17) is 14.2 Å². The summed E-state index contributed by atoms with van der Waals surface area (Å²) in [5.41, 5.74) is 0. The Morgan fingerprint density at radius 1 is 0.608 bits per heavy atom. The number of nitrogens with zero attached hydrogens (tertiary/aromatic N) is 1. The van der Waals surface area contributed by atoms with Gasteiger partial charge in [-0.2, -0.15) is 0 Å². The number of esters is 2. The van der Waals surface area contributed by atoms with E-state index in [-0.39, 0.29) is 42.7 Å². The van der Waals surface area contributed by atoms with E-state index in [0.717, 1.165) is 70.6 Å². The van der Waals surface area contributed by atoms with Crippen LogP contribution in [0, 0.1) is 0 Å². The van der Waals surface area contributed by atoms with Crippen LogP contribution in [0.5, 0.6) is 0 Å². The van der Waals surface area contributed by atoms with E-state index in [2.05, 4.69) is 62.5 Å². The fourth-order valence-corrected chi connectivity index (χ4v) is 5.59. The molecule has 2 atom stereocenters. The fraction of sp³-hybridized carbons (Fsp3) is 0.744. The van der Waals surface area contributed by atoms with Gasteiger partial charge in [-0.3, -0.25) is 9.59 Å². The molecule has 8 nitrogen and oxygen atoms in total. The van der Waals surface area contributed by atoms with Crippen molar-refractivity contribution in [3.05, 3.63) is 48.6 Å². The molecule has 0 saturated heterocycles. The van der Waals surface area contributed by atoms with Crippen LogP contribution in [0.1, 0.15) is 155 Å². The second-order valence-electron chi connectivity index (χ2n) is 14.5. The lowest BCUT2D eigenvalue weighted by Gasteiger charge is -2.34. The summed E-state index contributed by atoms with van der Waals surface area (Å²) in [6.07, 6.45) is 39.0. The molecule has 0 aromatic heterocycles. The first-order valence-corrected chi connectivity index (χ1v) is 20.2. The summed E-state index contributed by atoms with van der Waals surface area (Å²) in [7, 11) is 5.38. The lowest BCUT2D eigenvalue weighted by Crippen LogP contribution is -2.55. The second kappa shape index (κ2) is 34.4. The highest BCUT2D eigenvalue weighted by Crippen LogP contribution is 2.14. The predicted molar refractivity (Wildman–Crippen MR) is 208 cm³/mol. The largest absolute Gasteiger partial charge is 0.544 e. The van der Waals surface area contributed by atoms with Crippen molar-refractivity contribution in [2.24, 2.45) is 0 Å². The van der Waals surface area contributed by atoms with Crippen LogP contribution in [-0.4, -0.2) is 75.5 Å². The number of hydrogen-bond donors (Lipinski definition) is 0. The minimum atomic E-state index is -1.13. The van der Waals surface area contributed by atoms with Crippen LogP contribution in [-0.2, 0) is 28.6 Å². The van der Waals surface area contributed by atoms with Gasteiger partial charge in [-0.25, -0.2) is 0 Å². The summed E-state index contributed by atoms with van der Waals surface area (Å²) >= 11 is 0. The average molecular weight is 718 g/mol. The van der Waals surface area contributed by atoms with E-state index in [1.54, 1.807) is 21.1 Å². The van der Waals surface area contributed by atoms with Crippen molar-refractivity contribution in [1.82, 2.24) is 0 Å². The molecule has 51 heavy (non-hydrogen) atoms. The molecule has 0 bridgehead atoms. The van der Waals surface area contributed by atoms with E-state index in [1.165, 1.54) is 51.4 Å². The number of aliphatic carboxylic acids is 1. The number of quaternary nitrogens is 1. The van der Waals surface area contributed by atoms with E-state index in [9.17, 15) is 19.5 Å². The first kappa shape index (κ1) is 48.3. The topological polar surface area (TPSA) is 102 Å². The molecular weight excluding hydrogens is 642 g/mol. The van der Waals surface area contributed by atoms with Crippen LogP contribution in [0.25, 0.3) is 0 Å². The summed E-state index contributed by atoms with van der Waals surface area (Å²) in [6, 6.07) is -0.723. The number of hydrogen-bond acceptors (Lipinski definition) is 7. The minimum absolute atomic E-state index is 0.0379. The van der Waals surface area contributed by atoms with Crippen molar-refractivity contribution < 1.29 is 38.2 Å². The zero-order valence-electron chi connectivity index (χ0n) is 33.3. The highest BCUT2D eigenvalue weighted by Gasteiger charge is 2.25. The number of allylic oxidation sites excluding steroid dienone is 8. The highest BCUT2D eigenvalue weighted by atomic mass is 16.6. The van der Waals surface area contributed by atoms with Crippen molar-refractivity contribution in [1.29, 1.82) is 0 Å². The third-order valence-corrected chi connectivity index (χ3v) is 8.73. The standard InChI is InChI=1S/C43H75NO7/c1-6-8-10-12-13-14-15-16-17-18-19-20-21-22-23-24-25-26-27-28-29-30-32-34-42(46)51-39(38-50-41(45)33-31-11-9-7-2)37-49-36-35-40(43(47)48)44(3,4)5/h8,10,13-14,16-17,19-20,39-40H,6-7,9,11-12,15,18,21-38H2,1-5H3/b10-8-,14-13-,17-16-,20-19-. The smallest absolute Gasteiger partial charge is 0.306 e. The molecule has 0 N–H and O–H groups in total. The van der Waals surface area contributed by atoms with E-state index >= 15 is 0 Å². The summed E-state index contributed by atoms with van der Waals surface area (Å²) in [5, 5.41) is 11.5. The SMILES string of the molecule is CC/C=C\C/C=C\C/C=C\C/C=C\CCCCCCCCCCCCC(=O)OC(COCCC(C(=O)[O-])[N+](C)(C)C)COC(=O)CCCCCC. The Balaban J connectivity index is 4.11. The Bertz CT molecular complexity index is 979. The normalized spacial score (nSPS) is 13.5. The zero-order valence-corrected chi connectivity index (χ0v) is 33.3. The number of carbonyl (C=O) groups excluding carboxylic acids is 3. The monoisotopic (exact) mass is 718 g/mol. The number of carboxylic acids is 1. The van der Waals surface area contributed by atoms with Crippen LogP contribution < -0.4 is 5.11 Å². The van der Waals surface area contributed by atoms with Gasteiger partial charge in [0.25, 0.3) is 0 Å². The van der Waals surface area contributed by atoms with Gasteiger partial charge in [0.05, 0.1) is 40.3 Å². The summed E-state index contributed by atoms with van der Waals surface area (Å²) < 4.78 is 16.9. The van der Waals surface area contributed by atoms with Gasteiger partial charge in [-0.1, -0.05) is 133 Å². The molecule has 0 aliphatic heterocycles. The molecule has 294 valence electrons. The molecule has 0 aliphatic rings. The fourth-order valence-electron chi connectivity index (χ4n) is 5.59. The van der Waals surface area contributed by atoms with Crippen molar-refractivity contribution in [3.63, 3.8) is 0 Å². The predicted octanol–water partition coefficient (Wildman–Crippen LogP) is 9.13. The van der Waals surface area contributed by atoms with Gasteiger partial charge in [0.15, 0.2) is 6.10 Å². The average Bonchev–Trinajstić information content (AvgIpc) is 3.08. The van der Waals surface area contributed by atoms with Crippen LogP contribution in [0.2, 0.25) is 0 Å². The Morgan fingerprint density at radius 2 is 1.10 bits per heavy atom. The third kappa shape index (κ3) is 32.9. The molecule has 8 heteroatoms. The van der Waals surface area contributed by atoms with Gasteiger partial charge in [0.2, 0.25) is 0 Å². The van der Waals surface area contributed by atoms with Crippen molar-refractivity contribution in [2.45, 2.75) is 167 Å². The van der Waals surface area contributed by atoms with Crippen LogP contribution in [0.3, 0.4) is 0 Å². The van der Waals surface area contributed by atoms with E-state index in [0.29, 0.717) is 12.8 Å². The van der Waals surface area contributed by atoms with Gasteiger partial charge in [0, 0.05) is 19.3 Å². The van der Waals surface area contributed by atoms with E-state index in [1.807, 2.05) is 0 Å². The minimum Gasteiger partial charge on any atom is -0.544 e. The third-order valence-electron chi connectivity index (χ3n) is 8.73. The maximum absolute atomic E-state index is 12.6. The number of carboxylic acid groups (broad SMARTS) is 1. The van der Waals surface area contributed by atoms with Gasteiger partial charge in [-0.15, -0.1) is 0 Å². The molecule has 0 aromatic rings. The maximum Gasteiger partial charge on any atom is 0.306 e. The van der Waals surface area contributed by atoms with Crippen molar-refractivity contribution in [2.75, 3.05) is 41.0 Å². The molecule has 0 saturated carbocycles. The lowest BCUT2D eigenvalue weighted by molar-refractivity contribution is -0.889. The maximum atomic E-state index is 12.6. The van der Waals surface area contributed by atoms with Crippen molar-refractivity contribution >= 4 is 17.9 Å². The molecule has 0 amide bonds. The molecule has 0 rings (SSSR count). The van der Waals surface area contributed by atoms with Crippen LogP contribution in [0.15, 0.2) is 48.6 Å². The number of rotatable bonds is 35. The summed E-state index contributed by atoms with van der Waals surface area (Å²) in [4.78, 5) is 36.3. The number of unbranched alkanes of at least 4 members (excludes halogenated alkanes) is 13. The molecule has 0 spiro atoms. The van der Waals surface area contributed by atoms with Gasteiger partial charge in [0.1, 0.15) is 12.6 Å². The van der Waals surface area contributed by atoms with Crippen LogP contribution in [0.4, 0.5) is 0 Å². The van der Waals surface area contributed by atoms with Crippen LogP contribution >= 0.6 is 0 Å². The first-order chi connectivity index (χ1) is 24.6.